The van der Waals surface area contributed by atoms with E-state index < -0.39 is 0 Å². The van der Waals surface area contributed by atoms with Gasteiger partial charge in [0, 0.05) is 12.2 Å². The summed E-state index contributed by atoms with van der Waals surface area (Å²) in [7, 11) is 0. The Balaban J connectivity index is 1.60. The number of hydrogen-bond acceptors (Lipinski definition) is 2. The van der Waals surface area contributed by atoms with Crippen LogP contribution in [-0.2, 0) is 6.42 Å². The van der Waals surface area contributed by atoms with Crippen LogP contribution in [0.3, 0.4) is 0 Å². The Bertz CT molecular complexity index is 356. The van der Waals surface area contributed by atoms with E-state index in [1.54, 1.807) is 0 Å². The zero-order chi connectivity index (χ0) is 12.1. The van der Waals surface area contributed by atoms with Crippen molar-refractivity contribution in [1.29, 1.82) is 0 Å². The van der Waals surface area contributed by atoms with Gasteiger partial charge in [-0.05, 0) is 55.3 Å². The fourth-order valence-electron chi connectivity index (χ4n) is 2.51. The summed E-state index contributed by atoms with van der Waals surface area (Å²) in [6, 6.07) is 8.21. The van der Waals surface area contributed by atoms with E-state index in [9.17, 15) is 0 Å². The molecule has 0 spiro atoms. The predicted molar refractivity (Wildman–Crippen MR) is 74.0 cm³/mol. The van der Waals surface area contributed by atoms with Crippen LogP contribution in [0.2, 0.25) is 0 Å². The van der Waals surface area contributed by atoms with Gasteiger partial charge in [0.05, 0.1) is 0 Å². The standard InChI is InChI=1S/C15H24N2/c1-15(8-4-9-15)12-17-10-3-6-13-5-2-7-14(16)11-13/h2,5,7,11,17H,3-4,6,8-10,12,16H2,1H3. The van der Waals surface area contributed by atoms with E-state index in [4.69, 9.17) is 5.73 Å². The van der Waals surface area contributed by atoms with Gasteiger partial charge in [-0.3, -0.25) is 0 Å². The molecule has 0 aliphatic heterocycles. The van der Waals surface area contributed by atoms with Gasteiger partial charge in [0.1, 0.15) is 0 Å². The van der Waals surface area contributed by atoms with Crippen LogP contribution in [0.1, 0.15) is 38.2 Å². The molecule has 1 aliphatic rings. The highest BCUT2D eigenvalue weighted by atomic mass is 14.9. The smallest absolute Gasteiger partial charge is 0.0316 e. The van der Waals surface area contributed by atoms with Crippen LogP contribution < -0.4 is 11.1 Å². The fourth-order valence-corrected chi connectivity index (χ4v) is 2.51. The lowest BCUT2D eigenvalue weighted by Gasteiger charge is -2.38. The third-order valence-corrected chi connectivity index (χ3v) is 3.88. The summed E-state index contributed by atoms with van der Waals surface area (Å²) >= 11 is 0. The van der Waals surface area contributed by atoms with Crippen LogP contribution in [0, 0.1) is 5.41 Å². The van der Waals surface area contributed by atoms with Crippen molar-refractivity contribution in [3.05, 3.63) is 29.8 Å². The highest BCUT2D eigenvalue weighted by Crippen LogP contribution is 2.39. The van der Waals surface area contributed by atoms with Crippen molar-refractivity contribution in [2.75, 3.05) is 18.8 Å². The molecule has 1 aliphatic carbocycles. The maximum atomic E-state index is 5.76. The van der Waals surface area contributed by atoms with Crippen molar-refractivity contribution >= 4 is 5.69 Å². The number of hydrogen-bond donors (Lipinski definition) is 2. The molecule has 1 fully saturated rings. The summed E-state index contributed by atoms with van der Waals surface area (Å²) in [5, 5.41) is 3.58. The quantitative estimate of drug-likeness (QED) is 0.584. The van der Waals surface area contributed by atoms with E-state index >= 15 is 0 Å². The Hall–Kier alpha value is -1.02. The monoisotopic (exact) mass is 232 g/mol. The molecule has 0 saturated heterocycles. The van der Waals surface area contributed by atoms with E-state index in [1.165, 1.54) is 37.8 Å². The third kappa shape index (κ3) is 3.74. The minimum absolute atomic E-state index is 0.594. The molecule has 0 unspecified atom stereocenters. The highest BCUT2D eigenvalue weighted by molar-refractivity contribution is 5.40. The van der Waals surface area contributed by atoms with Crippen molar-refractivity contribution in [3.8, 4) is 0 Å². The Kier molecular flexibility index (Phi) is 4.06. The largest absolute Gasteiger partial charge is 0.399 e. The molecule has 0 aromatic heterocycles. The second kappa shape index (κ2) is 5.54. The molecule has 2 nitrogen and oxygen atoms in total. The maximum absolute atomic E-state index is 5.76. The van der Waals surface area contributed by atoms with Crippen molar-refractivity contribution in [2.45, 2.75) is 39.0 Å². The number of nitrogens with one attached hydrogen (secondary N) is 1. The van der Waals surface area contributed by atoms with Crippen LogP contribution in [0.25, 0.3) is 0 Å². The molecular weight excluding hydrogens is 208 g/mol. The third-order valence-electron chi connectivity index (χ3n) is 3.88. The molecular formula is C15H24N2. The first kappa shape index (κ1) is 12.4. The van der Waals surface area contributed by atoms with Gasteiger partial charge < -0.3 is 11.1 Å². The number of anilines is 1. The lowest BCUT2D eigenvalue weighted by molar-refractivity contribution is 0.157. The second-order valence-electron chi connectivity index (χ2n) is 5.69. The lowest BCUT2D eigenvalue weighted by Crippen LogP contribution is -2.37. The fraction of sp³-hybridized carbons (Fsp3) is 0.600. The van der Waals surface area contributed by atoms with Gasteiger partial charge >= 0.3 is 0 Å². The molecule has 3 N–H and O–H groups in total. The molecule has 0 radical (unpaired) electrons. The zero-order valence-electron chi connectivity index (χ0n) is 10.8. The van der Waals surface area contributed by atoms with Gasteiger partial charge in [0.25, 0.3) is 0 Å². The molecule has 1 saturated carbocycles. The Morgan fingerprint density at radius 2 is 2.18 bits per heavy atom. The Morgan fingerprint density at radius 3 is 2.82 bits per heavy atom. The minimum Gasteiger partial charge on any atom is -0.399 e. The van der Waals surface area contributed by atoms with Crippen molar-refractivity contribution in [3.63, 3.8) is 0 Å². The first-order valence-electron chi connectivity index (χ1n) is 6.73. The molecule has 94 valence electrons. The van der Waals surface area contributed by atoms with Gasteiger partial charge in [-0.25, -0.2) is 0 Å². The van der Waals surface area contributed by atoms with E-state index in [2.05, 4.69) is 24.4 Å². The predicted octanol–water partition coefficient (Wildman–Crippen LogP) is 2.98. The highest BCUT2D eigenvalue weighted by Gasteiger charge is 2.30. The van der Waals surface area contributed by atoms with Crippen LogP contribution in [0.4, 0.5) is 5.69 Å². The summed E-state index contributed by atoms with van der Waals surface area (Å²) in [5.41, 5.74) is 8.57. The molecule has 2 heteroatoms. The molecule has 0 amide bonds. The minimum atomic E-state index is 0.594. The molecule has 2 rings (SSSR count). The van der Waals surface area contributed by atoms with E-state index in [0.717, 1.165) is 18.7 Å². The lowest BCUT2D eigenvalue weighted by atomic mass is 9.70. The van der Waals surface area contributed by atoms with Crippen LogP contribution in [0.15, 0.2) is 24.3 Å². The van der Waals surface area contributed by atoms with E-state index in [0.29, 0.717) is 5.41 Å². The van der Waals surface area contributed by atoms with E-state index in [-0.39, 0.29) is 0 Å². The molecule has 1 aromatic rings. The van der Waals surface area contributed by atoms with Gasteiger partial charge in [-0.15, -0.1) is 0 Å². The topological polar surface area (TPSA) is 38.0 Å². The van der Waals surface area contributed by atoms with Gasteiger partial charge in [-0.2, -0.15) is 0 Å². The SMILES string of the molecule is CC1(CNCCCc2cccc(N)c2)CCC1. The van der Waals surface area contributed by atoms with Crippen LogP contribution >= 0.6 is 0 Å². The zero-order valence-corrected chi connectivity index (χ0v) is 10.8. The second-order valence-corrected chi connectivity index (χ2v) is 5.69. The average molecular weight is 232 g/mol. The normalized spacial score (nSPS) is 17.7. The summed E-state index contributed by atoms with van der Waals surface area (Å²) in [4.78, 5) is 0. The molecule has 1 aromatic carbocycles. The first-order chi connectivity index (χ1) is 8.18. The summed E-state index contributed by atoms with van der Waals surface area (Å²) in [6.45, 7) is 4.69. The maximum Gasteiger partial charge on any atom is 0.0316 e. The molecule has 17 heavy (non-hydrogen) atoms. The molecule has 0 atom stereocenters. The van der Waals surface area contributed by atoms with Crippen molar-refractivity contribution in [2.24, 2.45) is 5.41 Å². The average Bonchev–Trinajstić information content (AvgIpc) is 2.26. The molecule has 0 heterocycles. The van der Waals surface area contributed by atoms with E-state index in [1.807, 2.05) is 12.1 Å². The van der Waals surface area contributed by atoms with Crippen LogP contribution in [0.5, 0.6) is 0 Å². The van der Waals surface area contributed by atoms with Crippen molar-refractivity contribution in [1.82, 2.24) is 5.32 Å². The summed E-state index contributed by atoms with van der Waals surface area (Å²) < 4.78 is 0. The first-order valence-corrected chi connectivity index (χ1v) is 6.73. The van der Waals surface area contributed by atoms with Gasteiger partial charge in [0.2, 0.25) is 0 Å². The van der Waals surface area contributed by atoms with Crippen molar-refractivity contribution < 1.29 is 0 Å². The number of benzene rings is 1. The summed E-state index contributed by atoms with van der Waals surface area (Å²) in [5.74, 6) is 0. The summed E-state index contributed by atoms with van der Waals surface area (Å²) in [6.07, 6.45) is 6.53. The molecule has 0 bridgehead atoms. The number of nitrogen functional groups attached to an aromatic ring is 1. The van der Waals surface area contributed by atoms with Gasteiger partial charge in [0.15, 0.2) is 0 Å². The Labute approximate surface area is 105 Å². The number of rotatable bonds is 6. The number of nitrogens with two attached hydrogens (primary N) is 1. The van der Waals surface area contributed by atoms with Crippen LogP contribution in [-0.4, -0.2) is 13.1 Å². The van der Waals surface area contributed by atoms with Gasteiger partial charge in [-0.1, -0.05) is 25.5 Å². The Morgan fingerprint density at radius 1 is 1.35 bits per heavy atom. The number of aryl methyl sites for hydroxylation is 1.